The molecule has 0 radical (unpaired) electrons. The fourth-order valence-corrected chi connectivity index (χ4v) is 3.76. The molecule has 1 aromatic carbocycles. The molecule has 124 valence electrons. The van der Waals surface area contributed by atoms with Crippen molar-refractivity contribution in [3.8, 4) is 0 Å². The Morgan fingerprint density at radius 2 is 1.86 bits per heavy atom. The van der Waals surface area contributed by atoms with Crippen LogP contribution in [0.25, 0.3) is 0 Å². The number of halogens is 5. The first-order valence-corrected chi connectivity index (χ1v) is 7.67. The predicted molar refractivity (Wildman–Crippen MR) is 75.3 cm³/mol. The zero-order valence-corrected chi connectivity index (χ0v) is 12.8. The van der Waals surface area contributed by atoms with Crippen LogP contribution in [0.4, 0.5) is 27.6 Å². The van der Waals surface area contributed by atoms with Gasteiger partial charge in [-0.2, -0.15) is 29.9 Å². The van der Waals surface area contributed by atoms with E-state index in [2.05, 4.69) is 12.2 Å². The van der Waals surface area contributed by atoms with Crippen LogP contribution >= 0.6 is 12.2 Å². The summed E-state index contributed by atoms with van der Waals surface area (Å²) >= 11 is 4.49. The van der Waals surface area contributed by atoms with Crippen LogP contribution in [0.2, 0.25) is 0 Å². The van der Waals surface area contributed by atoms with E-state index < -0.39 is 54.8 Å². The van der Waals surface area contributed by atoms with Crippen molar-refractivity contribution in [1.82, 2.24) is 3.89 Å². The van der Waals surface area contributed by atoms with E-state index in [1.54, 1.807) is 0 Å². The molecule has 1 rings (SSSR count). The van der Waals surface area contributed by atoms with Gasteiger partial charge in [0.2, 0.25) is 5.82 Å². The Balaban J connectivity index is 3.82. The van der Waals surface area contributed by atoms with E-state index >= 15 is 0 Å². The van der Waals surface area contributed by atoms with E-state index in [4.69, 9.17) is 5.73 Å². The number of nitrogens with zero attached hydrogens (tertiary/aromatic N) is 1. The van der Waals surface area contributed by atoms with E-state index in [-0.39, 0.29) is 0 Å². The first-order chi connectivity index (χ1) is 9.90. The Labute approximate surface area is 129 Å². The van der Waals surface area contributed by atoms with Crippen molar-refractivity contribution in [3.05, 3.63) is 29.8 Å². The summed E-state index contributed by atoms with van der Waals surface area (Å²) in [5.41, 5.74) is -1.52. The molecule has 1 unspecified atom stereocenters. The van der Waals surface area contributed by atoms with Gasteiger partial charge < -0.3 is 5.73 Å². The molecule has 0 bridgehead atoms. The second-order valence-electron chi connectivity index (χ2n) is 4.32. The van der Waals surface area contributed by atoms with Crippen LogP contribution in [0.1, 0.15) is 6.92 Å². The van der Waals surface area contributed by atoms with Crippen molar-refractivity contribution >= 4 is 32.9 Å². The third kappa shape index (κ3) is 2.92. The molecule has 0 aromatic heterocycles. The minimum absolute atomic E-state index is 0.585. The molecule has 0 amide bonds. The maximum absolute atomic E-state index is 13.9. The van der Waals surface area contributed by atoms with Crippen molar-refractivity contribution in [3.63, 3.8) is 0 Å². The lowest BCUT2D eigenvalue weighted by Gasteiger charge is -2.35. The van der Waals surface area contributed by atoms with Gasteiger partial charge >= 0.3 is 15.5 Å². The quantitative estimate of drug-likeness (QED) is 0.496. The molecule has 0 aliphatic carbocycles. The van der Waals surface area contributed by atoms with Gasteiger partial charge in [-0.1, -0.05) is 18.3 Å². The van der Waals surface area contributed by atoms with E-state index in [1.165, 1.54) is 0 Å². The molecule has 0 heterocycles. The topological polar surface area (TPSA) is 60.2 Å². The number of hydrogen-bond donors (Lipinski definition) is 1. The van der Waals surface area contributed by atoms with Gasteiger partial charge in [-0.3, -0.25) is 0 Å². The molecule has 1 atom stereocenters. The predicted octanol–water partition coefficient (Wildman–Crippen LogP) is 2.43. The first-order valence-electron chi connectivity index (χ1n) is 5.82. The van der Waals surface area contributed by atoms with Crippen LogP contribution in [-0.2, 0) is 10.0 Å². The second-order valence-corrected chi connectivity index (χ2v) is 6.96. The highest BCUT2D eigenvalue weighted by Crippen LogP contribution is 2.39. The van der Waals surface area contributed by atoms with Gasteiger partial charge in [0, 0.05) is 6.07 Å². The Bertz CT molecular complexity index is 690. The molecular weight excluding hydrogens is 351 g/mol. The lowest BCUT2D eigenvalue weighted by Crippen LogP contribution is -2.62. The van der Waals surface area contributed by atoms with Crippen LogP contribution < -0.4 is 9.62 Å². The van der Waals surface area contributed by atoms with Crippen molar-refractivity contribution in [2.75, 3.05) is 13.1 Å². The maximum Gasteiger partial charge on any atom is 0.549 e. The number of benzene rings is 1. The van der Waals surface area contributed by atoms with E-state index in [0.29, 0.717) is 6.07 Å². The van der Waals surface area contributed by atoms with Crippen LogP contribution in [0.3, 0.4) is 0 Å². The van der Waals surface area contributed by atoms with Gasteiger partial charge in [0.05, 0.1) is 6.54 Å². The maximum atomic E-state index is 13.9. The smallest absolute Gasteiger partial charge is 0.389 e. The van der Waals surface area contributed by atoms with Gasteiger partial charge in [0.15, 0.2) is 11.5 Å². The third-order valence-corrected chi connectivity index (χ3v) is 5.26. The number of hydrogen-bond acceptors (Lipinski definition) is 3. The Hall–Kier alpha value is -1.33. The van der Waals surface area contributed by atoms with Crippen LogP contribution in [0.5, 0.6) is 0 Å². The lowest BCUT2D eigenvalue weighted by molar-refractivity contribution is -0.0482. The van der Waals surface area contributed by atoms with Gasteiger partial charge in [-0.25, -0.2) is 4.39 Å². The van der Waals surface area contributed by atoms with Crippen LogP contribution in [-0.4, -0.2) is 32.0 Å². The monoisotopic (exact) mass is 363 g/mol. The number of thiocarbonyl (C=S) groups is 1. The summed E-state index contributed by atoms with van der Waals surface area (Å²) in [5, 5.41) is 0. The molecule has 0 aliphatic rings. The minimum atomic E-state index is -5.97. The summed E-state index contributed by atoms with van der Waals surface area (Å²) in [5.74, 6) is -3.18. The normalized spacial score (nSPS) is 15.4. The van der Waals surface area contributed by atoms with Gasteiger partial charge in [0.1, 0.15) is 11.5 Å². The SMILES string of the molecule is CC[N+](CC(N)=S)(c1cccc(F)c1F)S(=O)(=O)C(F)(F)F. The lowest BCUT2D eigenvalue weighted by atomic mass is 10.2. The molecule has 0 spiro atoms. The van der Waals surface area contributed by atoms with Crippen LogP contribution in [0.15, 0.2) is 18.2 Å². The van der Waals surface area contributed by atoms with Crippen molar-refractivity contribution in [1.29, 1.82) is 0 Å². The Kier molecular flexibility index (Phi) is 5.15. The highest BCUT2D eigenvalue weighted by molar-refractivity contribution is 7.91. The number of quaternary nitrogens is 1. The standard InChI is InChI=1S/C11H11F5N2O2S2/c1-2-18(6-9(17)21,22(19,20)11(14,15)16)8-5-3-4-7(12)10(8)13/h3-5H,2,6H2,1H3,(H-,17,21)/p+1. The van der Waals surface area contributed by atoms with Crippen molar-refractivity contribution < 1.29 is 30.4 Å². The first kappa shape index (κ1) is 18.7. The molecule has 1 aromatic rings. The van der Waals surface area contributed by atoms with Crippen molar-refractivity contribution in [2.45, 2.75) is 12.4 Å². The fourth-order valence-electron chi connectivity index (χ4n) is 2.01. The van der Waals surface area contributed by atoms with Gasteiger partial charge in [-0.05, 0) is 13.0 Å². The largest absolute Gasteiger partial charge is 0.549 e. The molecular formula is C11H12F5N2O2S2+. The van der Waals surface area contributed by atoms with Gasteiger partial charge in [-0.15, -0.1) is 0 Å². The second kappa shape index (κ2) is 6.05. The average Bonchev–Trinajstić information content (AvgIpc) is 2.37. The number of alkyl halides is 3. The molecule has 0 fully saturated rings. The third-order valence-electron chi connectivity index (χ3n) is 3.04. The highest BCUT2D eigenvalue weighted by atomic mass is 32.2. The molecule has 0 saturated carbocycles. The van der Waals surface area contributed by atoms with E-state index in [1.807, 2.05) is 0 Å². The molecule has 2 N–H and O–H groups in total. The number of nitrogens with two attached hydrogens (primary N) is 1. The molecule has 22 heavy (non-hydrogen) atoms. The van der Waals surface area contributed by atoms with Crippen molar-refractivity contribution in [2.24, 2.45) is 5.73 Å². The zero-order valence-electron chi connectivity index (χ0n) is 11.2. The number of rotatable bonds is 5. The molecule has 0 saturated heterocycles. The Morgan fingerprint density at radius 1 is 1.32 bits per heavy atom. The summed E-state index contributed by atoms with van der Waals surface area (Å²) in [4.78, 5) is -0.585. The van der Waals surface area contributed by atoms with Gasteiger partial charge in [0.25, 0.3) is 0 Å². The van der Waals surface area contributed by atoms with E-state index in [9.17, 15) is 30.4 Å². The van der Waals surface area contributed by atoms with Crippen LogP contribution in [0, 0.1) is 11.6 Å². The minimum Gasteiger partial charge on any atom is -0.389 e. The molecule has 11 heteroatoms. The number of likely N-dealkylation sites (N-methyl/N-ethyl adjacent to an activating group) is 1. The summed E-state index contributed by atoms with van der Waals surface area (Å²) < 4.78 is 88.1. The Morgan fingerprint density at radius 3 is 2.27 bits per heavy atom. The fraction of sp³-hybridized carbons (Fsp3) is 0.364. The molecule has 4 nitrogen and oxygen atoms in total. The summed E-state index contributed by atoms with van der Waals surface area (Å²) in [6.45, 7) is -0.695. The molecule has 0 aliphatic heterocycles. The zero-order chi connectivity index (χ0) is 17.3. The average molecular weight is 363 g/mol. The number of sulfonamides is 1. The summed E-state index contributed by atoms with van der Waals surface area (Å²) in [6.07, 6.45) is 0. The van der Waals surface area contributed by atoms with E-state index in [0.717, 1.165) is 19.1 Å². The summed E-state index contributed by atoms with van der Waals surface area (Å²) in [7, 11) is -5.97. The summed E-state index contributed by atoms with van der Waals surface area (Å²) in [6, 6.07) is 2.31. The highest BCUT2D eigenvalue weighted by Gasteiger charge is 2.62.